The fourth-order valence-electron chi connectivity index (χ4n) is 1.13. The number of nitrogens with two attached hydrogens (primary N) is 1. The lowest BCUT2D eigenvalue weighted by atomic mass is 10.2. The smallest absolute Gasteiger partial charge is 0.0343 e. The second-order valence-electron chi connectivity index (χ2n) is 2.60. The van der Waals surface area contributed by atoms with Crippen LogP contribution >= 0.6 is 23.7 Å². The van der Waals surface area contributed by atoms with E-state index in [9.17, 15) is 0 Å². The Morgan fingerprint density at radius 2 is 1.92 bits per heavy atom. The Morgan fingerprint density at radius 1 is 1.08 bits per heavy atom. The normalized spacial score (nSPS) is 9.23. The molecule has 13 heavy (non-hydrogen) atoms. The highest BCUT2D eigenvalue weighted by Gasteiger charge is 1.96. The minimum absolute atomic E-state index is 0. The van der Waals surface area contributed by atoms with Crippen LogP contribution in [0.3, 0.4) is 0 Å². The van der Waals surface area contributed by atoms with E-state index in [1.807, 2.05) is 24.3 Å². The van der Waals surface area contributed by atoms with Crippen molar-refractivity contribution in [2.75, 3.05) is 5.73 Å². The summed E-state index contributed by atoms with van der Waals surface area (Å²) in [5.41, 5.74) is 7.69. The van der Waals surface area contributed by atoms with Crippen LogP contribution in [0.4, 0.5) is 5.69 Å². The van der Waals surface area contributed by atoms with Crippen LogP contribution in [0.1, 0.15) is 0 Å². The summed E-state index contributed by atoms with van der Waals surface area (Å²) in [4.78, 5) is 1.27. The minimum Gasteiger partial charge on any atom is -0.399 e. The molecule has 2 N–H and O–H groups in total. The van der Waals surface area contributed by atoms with Gasteiger partial charge in [-0.1, -0.05) is 18.2 Å². The second kappa shape index (κ2) is 4.30. The Kier molecular flexibility index (Phi) is 3.34. The first-order valence-electron chi connectivity index (χ1n) is 3.76. The topological polar surface area (TPSA) is 26.0 Å². The first-order chi connectivity index (χ1) is 5.86. The van der Waals surface area contributed by atoms with Crippen molar-refractivity contribution in [1.82, 2.24) is 0 Å². The molecule has 0 unspecified atom stereocenters. The Hall–Kier alpha value is -0.990. The molecule has 0 bridgehead atoms. The quantitative estimate of drug-likeness (QED) is 0.719. The third kappa shape index (κ3) is 2.23. The SMILES string of the molecule is Cl.Nc1cccc(-c2cccs2)c1. The molecular formula is C10H10ClNS. The fraction of sp³-hybridized carbons (Fsp3) is 0. The molecule has 68 valence electrons. The standard InChI is InChI=1S/C10H9NS.ClH/c11-9-4-1-3-8(7-9)10-5-2-6-12-10;/h1-7H,11H2;1H. The molecule has 2 rings (SSSR count). The van der Waals surface area contributed by atoms with Gasteiger partial charge in [0.15, 0.2) is 0 Å². The van der Waals surface area contributed by atoms with Crippen molar-refractivity contribution < 1.29 is 0 Å². The summed E-state index contributed by atoms with van der Waals surface area (Å²) in [5, 5.41) is 2.07. The van der Waals surface area contributed by atoms with E-state index in [0.29, 0.717) is 0 Å². The van der Waals surface area contributed by atoms with E-state index in [1.165, 1.54) is 10.4 Å². The summed E-state index contributed by atoms with van der Waals surface area (Å²) in [6.07, 6.45) is 0. The van der Waals surface area contributed by atoms with Crippen LogP contribution in [0.5, 0.6) is 0 Å². The Bertz CT molecular complexity index is 370. The van der Waals surface area contributed by atoms with Gasteiger partial charge in [0.05, 0.1) is 0 Å². The molecule has 1 aromatic carbocycles. The molecule has 0 aliphatic heterocycles. The van der Waals surface area contributed by atoms with Crippen LogP contribution < -0.4 is 5.73 Å². The predicted molar refractivity (Wildman–Crippen MR) is 61.4 cm³/mol. The van der Waals surface area contributed by atoms with E-state index in [0.717, 1.165) is 5.69 Å². The maximum absolute atomic E-state index is 5.67. The van der Waals surface area contributed by atoms with Gasteiger partial charge in [-0.2, -0.15) is 0 Å². The zero-order valence-corrected chi connectivity index (χ0v) is 8.57. The van der Waals surface area contributed by atoms with Crippen LogP contribution in [0.25, 0.3) is 10.4 Å². The van der Waals surface area contributed by atoms with Crippen molar-refractivity contribution in [3.8, 4) is 10.4 Å². The molecule has 0 saturated carbocycles. The number of hydrogen-bond acceptors (Lipinski definition) is 2. The Labute approximate surface area is 87.6 Å². The molecular weight excluding hydrogens is 202 g/mol. The van der Waals surface area contributed by atoms with E-state index in [2.05, 4.69) is 17.5 Å². The van der Waals surface area contributed by atoms with Gasteiger partial charge >= 0.3 is 0 Å². The molecule has 0 saturated heterocycles. The lowest BCUT2D eigenvalue weighted by Gasteiger charge is -1.97. The molecule has 0 fully saturated rings. The van der Waals surface area contributed by atoms with Crippen molar-refractivity contribution in [3.63, 3.8) is 0 Å². The summed E-state index contributed by atoms with van der Waals surface area (Å²) < 4.78 is 0. The minimum atomic E-state index is 0. The first-order valence-corrected chi connectivity index (χ1v) is 4.63. The molecule has 2 aromatic rings. The number of nitrogen functional groups attached to an aromatic ring is 1. The van der Waals surface area contributed by atoms with Crippen molar-refractivity contribution >= 4 is 29.4 Å². The van der Waals surface area contributed by atoms with E-state index >= 15 is 0 Å². The Morgan fingerprint density at radius 3 is 2.54 bits per heavy atom. The van der Waals surface area contributed by atoms with Gasteiger partial charge in [0.1, 0.15) is 0 Å². The summed E-state index contributed by atoms with van der Waals surface area (Å²) in [7, 11) is 0. The molecule has 1 aromatic heterocycles. The van der Waals surface area contributed by atoms with Crippen LogP contribution in [-0.4, -0.2) is 0 Å². The number of rotatable bonds is 1. The fourth-order valence-corrected chi connectivity index (χ4v) is 1.86. The molecule has 0 aliphatic rings. The average Bonchev–Trinajstić information content (AvgIpc) is 2.56. The maximum atomic E-state index is 5.67. The summed E-state index contributed by atoms with van der Waals surface area (Å²) in [6, 6.07) is 12.1. The third-order valence-corrected chi connectivity index (χ3v) is 2.61. The highest BCUT2D eigenvalue weighted by atomic mass is 35.5. The lowest BCUT2D eigenvalue weighted by molar-refractivity contribution is 1.68. The lowest BCUT2D eigenvalue weighted by Crippen LogP contribution is -1.83. The summed E-state index contributed by atoms with van der Waals surface area (Å²) >= 11 is 1.73. The predicted octanol–water partition coefficient (Wildman–Crippen LogP) is 3.42. The van der Waals surface area contributed by atoms with Crippen molar-refractivity contribution in [3.05, 3.63) is 41.8 Å². The van der Waals surface area contributed by atoms with Crippen molar-refractivity contribution in [2.45, 2.75) is 0 Å². The van der Waals surface area contributed by atoms with Gasteiger partial charge in [0.2, 0.25) is 0 Å². The average molecular weight is 212 g/mol. The van der Waals surface area contributed by atoms with Crippen LogP contribution in [0.2, 0.25) is 0 Å². The summed E-state index contributed by atoms with van der Waals surface area (Å²) in [6.45, 7) is 0. The number of hydrogen-bond donors (Lipinski definition) is 1. The molecule has 3 heteroatoms. The van der Waals surface area contributed by atoms with E-state index in [1.54, 1.807) is 11.3 Å². The molecule has 0 spiro atoms. The largest absolute Gasteiger partial charge is 0.399 e. The Balaban J connectivity index is 0.000000845. The molecule has 0 radical (unpaired) electrons. The maximum Gasteiger partial charge on any atom is 0.0343 e. The van der Waals surface area contributed by atoms with E-state index < -0.39 is 0 Å². The second-order valence-corrected chi connectivity index (χ2v) is 3.55. The molecule has 0 atom stereocenters. The third-order valence-electron chi connectivity index (χ3n) is 1.69. The monoisotopic (exact) mass is 211 g/mol. The number of anilines is 1. The molecule has 0 amide bonds. The van der Waals surface area contributed by atoms with Gasteiger partial charge in [-0.15, -0.1) is 23.7 Å². The zero-order valence-electron chi connectivity index (χ0n) is 6.94. The van der Waals surface area contributed by atoms with E-state index in [-0.39, 0.29) is 12.4 Å². The molecule has 0 aliphatic carbocycles. The van der Waals surface area contributed by atoms with Gasteiger partial charge in [-0.25, -0.2) is 0 Å². The first kappa shape index (κ1) is 10.1. The van der Waals surface area contributed by atoms with Crippen LogP contribution in [0.15, 0.2) is 41.8 Å². The van der Waals surface area contributed by atoms with Crippen molar-refractivity contribution in [2.24, 2.45) is 0 Å². The zero-order chi connectivity index (χ0) is 8.39. The molecule has 1 heterocycles. The highest BCUT2D eigenvalue weighted by Crippen LogP contribution is 2.25. The number of benzene rings is 1. The van der Waals surface area contributed by atoms with Crippen LogP contribution in [0, 0.1) is 0 Å². The van der Waals surface area contributed by atoms with Gasteiger partial charge in [-0.3, -0.25) is 0 Å². The highest BCUT2D eigenvalue weighted by molar-refractivity contribution is 7.13. The van der Waals surface area contributed by atoms with Gasteiger partial charge in [0, 0.05) is 10.6 Å². The number of halogens is 1. The summed E-state index contributed by atoms with van der Waals surface area (Å²) in [5.74, 6) is 0. The van der Waals surface area contributed by atoms with E-state index in [4.69, 9.17) is 5.73 Å². The number of thiophene rings is 1. The molecule has 1 nitrogen and oxygen atoms in total. The van der Waals surface area contributed by atoms with Gasteiger partial charge < -0.3 is 5.73 Å². The van der Waals surface area contributed by atoms with Crippen molar-refractivity contribution in [1.29, 1.82) is 0 Å². The van der Waals surface area contributed by atoms with Gasteiger partial charge in [-0.05, 0) is 29.1 Å². The van der Waals surface area contributed by atoms with Gasteiger partial charge in [0.25, 0.3) is 0 Å². The van der Waals surface area contributed by atoms with Crippen LogP contribution in [-0.2, 0) is 0 Å².